The maximum absolute atomic E-state index is 13.1. The van der Waals surface area contributed by atoms with E-state index < -0.39 is 17.6 Å². The Hall–Kier alpha value is -2.24. The maximum atomic E-state index is 13.1. The molecule has 2 nitrogen and oxygen atoms in total. The third-order valence-electron chi connectivity index (χ3n) is 2.96. The van der Waals surface area contributed by atoms with Crippen LogP contribution in [0.1, 0.15) is 16.7 Å². The number of hydrogen-bond acceptors (Lipinski definition) is 2. The molecule has 2 aromatic carbocycles. The van der Waals surface area contributed by atoms with Crippen LogP contribution in [-0.4, -0.2) is 0 Å². The van der Waals surface area contributed by atoms with Gasteiger partial charge in [-0.2, -0.15) is 13.2 Å². The van der Waals surface area contributed by atoms with E-state index in [2.05, 4.69) is 0 Å². The van der Waals surface area contributed by atoms with Crippen LogP contribution in [0.4, 0.5) is 23.2 Å². The lowest BCUT2D eigenvalue weighted by molar-refractivity contribution is -0.138. The minimum absolute atomic E-state index is 0.0290. The number of ether oxygens (including phenoxy) is 1. The molecule has 0 atom stereocenters. The summed E-state index contributed by atoms with van der Waals surface area (Å²) in [5, 5.41) is 0. The van der Waals surface area contributed by atoms with Crippen LogP contribution in [0.25, 0.3) is 0 Å². The van der Waals surface area contributed by atoms with Gasteiger partial charge in [-0.15, -0.1) is 0 Å². The summed E-state index contributed by atoms with van der Waals surface area (Å²) in [4.78, 5) is 0. The average Bonchev–Trinajstić information content (AvgIpc) is 2.40. The van der Waals surface area contributed by atoms with Crippen molar-refractivity contribution in [2.75, 3.05) is 5.73 Å². The van der Waals surface area contributed by atoms with Crippen LogP contribution in [0.3, 0.4) is 0 Å². The van der Waals surface area contributed by atoms with Gasteiger partial charge in [0.1, 0.15) is 18.2 Å². The first kappa shape index (κ1) is 15.2. The van der Waals surface area contributed by atoms with E-state index in [1.807, 2.05) is 0 Å². The molecule has 0 amide bonds. The zero-order chi connectivity index (χ0) is 15.6. The monoisotopic (exact) mass is 299 g/mol. The van der Waals surface area contributed by atoms with E-state index in [0.717, 1.165) is 6.07 Å². The van der Waals surface area contributed by atoms with Gasteiger partial charge in [0, 0.05) is 11.3 Å². The minimum atomic E-state index is -4.51. The Morgan fingerprint density at radius 1 is 1.10 bits per heavy atom. The van der Waals surface area contributed by atoms with Crippen molar-refractivity contribution in [3.8, 4) is 5.75 Å². The minimum Gasteiger partial charge on any atom is -0.489 e. The van der Waals surface area contributed by atoms with E-state index in [0.29, 0.717) is 11.3 Å². The number of nitrogen functional groups attached to an aromatic ring is 1. The van der Waals surface area contributed by atoms with Gasteiger partial charge in [-0.1, -0.05) is 6.07 Å². The van der Waals surface area contributed by atoms with Gasteiger partial charge in [0.15, 0.2) is 0 Å². The lowest BCUT2D eigenvalue weighted by Crippen LogP contribution is -2.11. The lowest BCUT2D eigenvalue weighted by Gasteiger charge is -2.14. The number of hydrogen-bond donors (Lipinski definition) is 1. The Labute approximate surface area is 119 Å². The highest BCUT2D eigenvalue weighted by molar-refractivity contribution is 5.46. The van der Waals surface area contributed by atoms with Crippen LogP contribution in [-0.2, 0) is 12.8 Å². The SMILES string of the molecule is Cc1cc(OCc2ccc(N)cc2C(F)(F)F)ccc1F. The van der Waals surface area contributed by atoms with Crippen molar-refractivity contribution in [3.63, 3.8) is 0 Å². The summed E-state index contributed by atoms with van der Waals surface area (Å²) in [7, 11) is 0. The first-order valence-corrected chi connectivity index (χ1v) is 6.12. The molecular weight excluding hydrogens is 286 g/mol. The quantitative estimate of drug-likeness (QED) is 0.677. The summed E-state index contributed by atoms with van der Waals surface area (Å²) in [6.45, 7) is 1.27. The molecule has 0 spiro atoms. The van der Waals surface area contributed by atoms with Crippen molar-refractivity contribution in [1.82, 2.24) is 0 Å². The summed E-state index contributed by atoms with van der Waals surface area (Å²) in [5.74, 6) is -0.0929. The molecular formula is C15H13F4NO. The second-order valence-corrected chi connectivity index (χ2v) is 4.61. The van der Waals surface area contributed by atoms with Gasteiger partial charge in [0.25, 0.3) is 0 Å². The molecule has 0 aliphatic heterocycles. The van der Waals surface area contributed by atoms with Crippen molar-refractivity contribution in [2.24, 2.45) is 0 Å². The van der Waals surface area contributed by atoms with Gasteiger partial charge >= 0.3 is 6.18 Å². The van der Waals surface area contributed by atoms with Crippen molar-refractivity contribution in [1.29, 1.82) is 0 Å². The van der Waals surface area contributed by atoms with E-state index in [1.54, 1.807) is 6.92 Å². The van der Waals surface area contributed by atoms with Crippen LogP contribution < -0.4 is 10.5 Å². The van der Waals surface area contributed by atoms with Gasteiger partial charge in [-0.05, 0) is 42.8 Å². The van der Waals surface area contributed by atoms with Crippen LogP contribution in [0.15, 0.2) is 36.4 Å². The fourth-order valence-corrected chi connectivity index (χ4v) is 1.85. The lowest BCUT2D eigenvalue weighted by atomic mass is 10.1. The molecule has 2 N–H and O–H groups in total. The van der Waals surface area contributed by atoms with Crippen molar-refractivity contribution in [2.45, 2.75) is 19.7 Å². The van der Waals surface area contributed by atoms with E-state index in [1.165, 1.54) is 30.3 Å². The third kappa shape index (κ3) is 3.65. The highest BCUT2D eigenvalue weighted by Crippen LogP contribution is 2.33. The van der Waals surface area contributed by atoms with Gasteiger partial charge < -0.3 is 10.5 Å². The second-order valence-electron chi connectivity index (χ2n) is 4.61. The largest absolute Gasteiger partial charge is 0.489 e. The summed E-state index contributed by atoms with van der Waals surface area (Å²) >= 11 is 0. The molecule has 0 heterocycles. The average molecular weight is 299 g/mol. The van der Waals surface area contributed by atoms with Crippen LogP contribution in [0.5, 0.6) is 5.75 Å². The van der Waals surface area contributed by atoms with Crippen LogP contribution in [0, 0.1) is 12.7 Å². The molecule has 2 aromatic rings. The molecule has 0 unspecified atom stereocenters. The Kier molecular flexibility index (Phi) is 4.06. The van der Waals surface area contributed by atoms with Gasteiger partial charge in [-0.3, -0.25) is 0 Å². The molecule has 2 rings (SSSR count). The summed E-state index contributed by atoms with van der Waals surface area (Å²) in [5.41, 5.74) is 4.92. The topological polar surface area (TPSA) is 35.2 Å². The predicted molar refractivity (Wildman–Crippen MR) is 71.3 cm³/mol. The Balaban J connectivity index is 2.22. The maximum Gasteiger partial charge on any atom is 0.416 e. The zero-order valence-electron chi connectivity index (χ0n) is 11.2. The number of anilines is 1. The Bertz CT molecular complexity index is 653. The molecule has 112 valence electrons. The van der Waals surface area contributed by atoms with E-state index in [9.17, 15) is 17.6 Å². The molecule has 0 fully saturated rings. The van der Waals surface area contributed by atoms with Crippen molar-refractivity contribution in [3.05, 3.63) is 58.9 Å². The normalized spacial score (nSPS) is 11.5. The summed E-state index contributed by atoms with van der Waals surface area (Å²) in [6, 6.07) is 7.53. The summed E-state index contributed by atoms with van der Waals surface area (Å²) in [6.07, 6.45) is -4.51. The van der Waals surface area contributed by atoms with E-state index in [4.69, 9.17) is 10.5 Å². The fourth-order valence-electron chi connectivity index (χ4n) is 1.85. The second kappa shape index (κ2) is 5.63. The van der Waals surface area contributed by atoms with E-state index in [-0.39, 0.29) is 17.9 Å². The molecule has 0 saturated carbocycles. The van der Waals surface area contributed by atoms with E-state index >= 15 is 0 Å². The Morgan fingerprint density at radius 2 is 1.81 bits per heavy atom. The molecule has 0 bridgehead atoms. The molecule has 0 aliphatic rings. The smallest absolute Gasteiger partial charge is 0.416 e. The van der Waals surface area contributed by atoms with Gasteiger partial charge in [-0.25, -0.2) is 4.39 Å². The molecule has 0 saturated heterocycles. The van der Waals surface area contributed by atoms with Gasteiger partial charge in [0.2, 0.25) is 0 Å². The fraction of sp³-hybridized carbons (Fsp3) is 0.200. The number of aryl methyl sites for hydroxylation is 1. The number of rotatable bonds is 3. The third-order valence-corrected chi connectivity index (χ3v) is 2.96. The molecule has 0 radical (unpaired) electrons. The van der Waals surface area contributed by atoms with Gasteiger partial charge in [0.05, 0.1) is 5.56 Å². The zero-order valence-corrected chi connectivity index (χ0v) is 11.2. The number of halogens is 4. The standard InChI is InChI=1S/C15H13F4NO/c1-9-6-12(4-5-14(9)16)21-8-10-2-3-11(20)7-13(10)15(17,18)19/h2-7H,8,20H2,1H3. The molecule has 0 aromatic heterocycles. The summed E-state index contributed by atoms with van der Waals surface area (Å²) < 4.78 is 57.1. The first-order chi connectivity index (χ1) is 9.77. The Morgan fingerprint density at radius 3 is 2.43 bits per heavy atom. The molecule has 21 heavy (non-hydrogen) atoms. The number of benzene rings is 2. The number of nitrogens with two attached hydrogens (primary N) is 1. The molecule has 6 heteroatoms. The van der Waals surface area contributed by atoms with Crippen molar-refractivity contribution < 1.29 is 22.3 Å². The van der Waals surface area contributed by atoms with Crippen molar-refractivity contribution >= 4 is 5.69 Å². The van der Waals surface area contributed by atoms with Crippen LogP contribution in [0.2, 0.25) is 0 Å². The molecule has 0 aliphatic carbocycles. The number of alkyl halides is 3. The highest BCUT2D eigenvalue weighted by atomic mass is 19.4. The van der Waals surface area contributed by atoms with Crippen LogP contribution >= 0.6 is 0 Å². The predicted octanol–water partition coefficient (Wildman–Crippen LogP) is 4.31. The highest BCUT2D eigenvalue weighted by Gasteiger charge is 2.33. The first-order valence-electron chi connectivity index (χ1n) is 6.12.